The molecule has 0 radical (unpaired) electrons. The average Bonchev–Trinajstić information content (AvgIpc) is 1.61. The van der Waals surface area contributed by atoms with Crippen LogP contribution in [0.4, 0.5) is 37.0 Å². The van der Waals surface area contributed by atoms with Crippen molar-refractivity contribution in [3.8, 4) is 0 Å². The highest BCUT2D eigenvalue weighted by atomic mass is 35.5. The van der Waals surface area contributed by atoms with Crippen molar-refractivity contribution < 1.29 is 139 Å². The first kappa shape index (κ1) is 113. The van der Waals surface area contributed by atoms with E-state index < -0.39 is 199 Å². The van der Waals surface area contributed by atoms with Crippen LogP contribution in [0, 0.1) is 0 Å². The number of nitrogens with zero attached hydrogens (tertiary/aromatic N) is 12. The molecule has 12 rings (SSSR count). The molecule has 0 amide bonds. The molecule has 4 aliphatic rings. The number of aliphatic hydroxyl groups excluding tert-OH is 5. The number of nitrogen functional groups attached to an aromatic ring is 4. The Balaban J connectivity index is 0.000000245. The van der Waals surface area contributed by atoms with E-state index in [2.05, 4.69) is 165 Å². The van der Waals surface area contributed by atoms with Crippen LogP contribution in [-0.4, -0.2) is 270 Å². The Morgan fingerprint density at radius 2 is 0.750 bits per heavy atom. The Morgan fingerprint density at radius 1 is 0.477 bits per heavy atom. The first-order valence-electron chi connectivity index (χ1n) is 40.0. The number of rotatable bonds is 33. The Bertz CT molecular complexity index is 5750. The number of aromatic amines is 4. The number of nitrogens with two attached hydrogens (primary N) is 4. The summed E-state index contributed by atoms with van der Waals surface area (Å²) in [6.07, 6.45) is -11.5. The van der Waals surface area contributed by atoms with Crippen molar-refractivity contribution in [1.29, 1.82) is 0 Å². The van der Waals surface area contributed by atoms with Crippen molar-refractivity contribution in [2.45, 2.75) is 271 Å². The number of anilines is 4. The highest BCUT2D eigenvalue weighted by Gasteiger charge is 2.58. The predicted molar refractivity (Wildman–Crippen MR) is 481 cm³/mol. The van der Waals surface area contributed by atoms with Crippen LogP contribution >= 0.6 is 58.3 Å². The summed E-state index contributed by atoms with van der Waals surface area (Å²) in [5.74, 6) is -0.673. The van der Waals surface area contributed by atoms with E-state index in [9.17, 15) is 84.7 Å². The lowest BCUT2D eigenvalue weighted by Gasteiger charge is -2.43. The van der Waals surface area contributed by atoms with E-state index in [1.165, 1.54) is 26.4 Å². The minimum atomic E-state index is -6.17. The van der Waals surface area contributed by atoms with Crippen molar-refractivity contribution in [2.24, 2.45) is 0 Å². The van der Waals surface area contributed by atoms with Crippen LogP contribution in [0.5, 0.6) is 0 Å². The normalized spacial score (nSPS) is 25.3. The lowest BCUT2D eigenvalue weighted by molar-refractivity contribution is -0.157. The highest BCUT2D eigenvalue weighted by Crippen LogP contribution is 2.67. The maximum atomic E-state index is 13.3. The summed E-state index contributed by atoms with van der Waals surface area (Å²) < 4.78 is 173. The molecule has 4 saturated heterocycles. The summed E-state index contributed by atoms with van der Waals surface area (Å²) in [4.78, 5) is 117. The summed E-state index contributed by atoms with van der Waals surface area (Å²) >= 11 is 18.8. The summed E-state index contributed by atoms with van der Waals surface area (Å²) in [6, 6.07) is 0. The first-order chi connectivity index (χ1) is 60.2. The van der Waals surface area contributed by atoms with Gasteiger partial charge in [-0.3, -0.25) is 66.1 Å². The number of aliphatic hydroxyl groups is 5. The fourth-order valence-corrected chi connectivity index (χ4v) is 40.5. The van der Waals surface area contributed by atoms with Gasteiger partial charge in [0, 0.05) is 0 Å². The first-order valence-corrected chi connectivity index (χ1v) is 54.7. The molecule has 748 valence electrons. The molecule has 7 unspecified atom stereocenters. The molecule has 0 saturated carbocycles. The second kappa shape index (κ2) is 44.8. The zero-order chi connectivity index (χ0) is 97.4. The topological polar surface area (TPSA) is 746 Å². The third kappa shape index (κ3) is 25.1. The lowest BCUT2D eigenvalue weighted by atomic mass is 10.1. The molecule has 4 aliphatic heterocycles. The van der Waals surface area contributed by atoms with E-state index in [4.69, 9.17) is 109 Å². The zero-order valence-corrected chi connectivity index (χ0v) is 82.4. The fraction of sp³-hybridized carbons (Fsp3) is 0.701. The van der Waals surface area contributed by atoms with Crippen molar-refractivity contribution in [3.63, 3.8) is 0 Å². The number of phosphoric ester groups is 1. The average molecular weight is 2100 g/mol. The maximum absolute atomic E-state index is 13.3. The van der Waals surface area contributed by atoms with Gasteiger partial charge in [0.15, 0.2) is 93.8 Å². The molecule has 0 aliphatic carbocycles. The van der Waals surface area contributed by atoms with Gasteiger partial charge in [-0.05, 0) is 44.3 Å². The van der Waals surface area contributed by atoms with E-state index in [1.54, 1.807) is 0 Å². The van der Waals surface area contributed by atoms with Crippen molar-refractivity contribution in [2.75, 3.05) is 49.4 Å². The summed E-state index contributed by atoms with van der Waals surface area (Å²) in [5.41, 5.74) is 16.2. The lowest BCUT2D eigenvalue weighted by Crippen LogP contribution is -2.54. The van der Waals surface area contributed by atoms with Crippen LogP contribution < -0.4 is 45.2 Å². The maximum Gasteiger partial charge on any atom is 0.523 e. The number of phosphoric acid groups is 3. The molecule has 132 heavy (non-hydrogen) atoms. The van der Waals surface area contributed by atoms with E-state index in [0.717, 1.165) is 17.2 Å². The smallest absolute Gasteiger partial charge is 0.437 e. The molecule has 51 nitrogen and oxygen atoms in total. The van der Waals surface area contributed by atoms with E-state index >= 15 is 0 Å². The Kier molecular flexibility index (Phi) is 38.3. The molecule has 4 fully saturated rings. The van der Waals surface area contributed by atoms with Gasteiger partial charge >= 0.3 is 56.2 Å². The van der Waals surface area contributed by atoms with Crippen LogP contribution in [0.15, 0.2) is 44.5 Å². The Morgan fingerprint density at radius 3 is 1.03 bits per heavy atom. The largest absolute Gasteiger partial charge is 0.523 e. The minimum absolute atomic E-state index is 0. The predicted octanol–water partition coefficient (Wildman–Crippen LogP) is 5.68. The van der Waals surface area contributed by atoms with Crippen molar-refractivity contribution >= 4 is 172 Å². The molecular formula is C67H115Cl3F3N20O31P3SSi4. The molecule has 21 N–H and O–H groups in total. The van der Waals surface area contributed by atoms with Gasteiger partial charge in [-0.15, -0.1) is 39.5 Å². The highest BCUT2D eigenvalue weighted by molar-refractivity contribution is 7.87. The van der Waals surface area contributed by atoms with Gasteiger partial charge in [-0.1, -0.05) is 126 Å². The van der Waals surface area contributed by atoms with E-state index in [0.29, 0.717) is 22.2 Å². The second-order valence-electron chi connectivity index (χ2n) is 33.1. The number of imidazole rings is 4. The monoisotopic (exact) mass is 2090 g/mol. The van der Waals surface area contributed by atoms with Gasteiger partial charge < -0.3 is 99.2 Å². The van der Waals surface area contributed by atoms with Gasteiger partial charge in [-0.25, -0.2) is 38.9 Å². The molecular weight excluding hydrogens is 1980 g/mol. The zero-order valence-electron chi connectivity index (χ0n) is 72.3. The Hall–Kier alpha value is -6.11. The van der Waals surface area contributed by atoms with Crippen LogP contribution in [-0.2, 0) is 81.8 Å². The molecule has 19 atom stereocenters. The van der Waals surface area contributed by atoms with E-state index in [-0.39, 0.29) is 125 Å². The van der Waals surface area contributed by atoms with Crippen LogP contribution in [0.2, 0.25) is 44.3 Å². The number of fused-ring (bicyclic) bond motifs is 4. The quantitative estimate of drug-likeness (QED) is 0.00447. The standard InChI is InChI=1S/C23H40F3N5O8SSi2.C22H40ClN5O5Si2.C10H15ClN5O14P3.C10H12ClN5O4.2CH4/c1-11(2)41(12(3)4)39-42(13(5)6,14(7)8)36-9-15-17(32)18(38-40(34,35)23(24,25)26)21(37-15)31-10-28-16-19(31)29-22(27)30-20(16)33;1-11(2)34(12(3)4)33-35(13(5)6,14(7)8)31-9-15-18(29)16(23)21(32-15)28-10-25-17-19(28)26-22(24)27-20(17)30;11-4-6(17)3(1-26-31(20,21)29-33(24,25)30-32(22,23)28-19)27-9(4)16-2-13-5-7(16)14-10(12)15-8(5)18;11-4-6(18)3(1-17)20-9(4)16-2-13-5-7(16)14-10(12)15-8(5)19;;/h10-15,17-18,21,32,41H,9H2,1-8H3,(H3,27,29,30,33);10-16,18,21,29,34H,9H2,1-8H3,(H3,24,26,27,30);2-4,6,9,17,19H,1H2,(H,20,21)(H,22,23)(H,24,25)(H3,12,14,15,18);2-4,6,9,17-18H,1H2,(H3,12,14,15,19);2*1H4/t15-,17?,18-,21-;15-,16+,18?,21-;2*3-,4+,6?,9-;;/m1111../s1. The number of aromatic nitrogens is 16. The van der Waals surface area contributed by atoms with Crippen LogP contribution in [0.3, 0.4) is 0 Å². The number of ether oxygens (including phenoxy) is 4. The summed E-state index contributed by atoms with van der Waals surface area (Å²) in [7, 11) is -32.0. The van der Waals surface area contributed by atoms with Crippen LogP contribution in [0.25, 0.3) is 44.7 Å². The molecule has 12 heterocycles. The number of halogens is 6. The third-order valence-corrected chi connectivity index (χ3v) is 45.6. The second-order valence-corrected chi connectivity index (χ2v) is 57.8. The van der Waals surface area contributed by atoms with Gasteiger partial charge in [0.1, 0.15) is 65.0 Å². The SMILES string of the molecule is C.C.CC(C)[SiH](O[Si](OC[C@H]1O[C@@H](n2cnc3c(=O)[nH]c(N)nc32)[C@@H](Cl)C1O)(C(C)C)C(C)C)C(C)C.CC(C)[SiH](O[Si](OC[C@H]1O[C@@H](n2cnc3c(=O)[nH]c(N)nc32)[C@H](OS(=O)(=O)C(F)(F)F)C1O)(C(C)C)C(C)C)C(C)C.Nc1nc2c(ncn2[C@@H]2O[C@H](CO)C(O)[C@@H]2Cl)c(=O)[nH]1.Nc1nc2c(ncn2[C@@H]2O[C@H](COP(=O)(O)OP(=O)(O)OP(=O)(O)OO)C(O)[C@@H]2Cl)c(=O)[nH]1. The van der Waals surface area contributed by atoms with Gasteiger partial charge in [0.05, 0.1) is 51.7 Å². The molecule has 0 bridgehead atoms. The van der Waals surface area contributed by atoms with Crippen molar-refractivity contribution in [3.05, 3.63) is 66.7 Å². The number of hydrogen-bond acceptors (Lipinski definition) is 40. The van der Waals surface area contributed by atoms with Gasteiger partial charge in [0.2, 0.25) is 23.8 Å². The summed E-state index contributed by atoms with van der Waals surface area (Å²) in [6.45, 7) is 32.3. The fourth-order valence-electron chi connectivity index (χ4n) is 15.1. The number of hydrogen-bond donors (Lipinski definition) is 17. The van der Waals surface area contributed by atoms with Crippen LogP contribution in [0.1, 0.15) is 151 Å². The van der Waals surface area contributed by atoms with Gasteiger partial charge in [-0.2, -0.15) is 50.1 Å². The Labute approximate surface area is 772 Å². The third-order valence-electron chi connectivity index (χ3n) is 21.1. The molecule has 65 heteroatoms. The molecule has 8 aromatic heterocycles. The molecule has 8 aromatic rings. The molecule has 0 aromatic carbocycles. The van der Waals surface area contributed by atoms with Gasteiger partial charge in [0.25, 0.3) is 22.2 Å². The minimum Gasteiger partial charge on any atom is -0.437 e. The summed E-state index contributed by atoms with van der Waals surface area (Å²) in [5, 5.41) is 56.5. The van der Waals surface area contributed by atoms with Crippen molar-refractivity contribution in [1.82, 2.24) is 78.1 Å². The molecule has 0 spiro atoms. The number of alkyl halides is 6. The van der Waals surface area contributed by atoms with E-state index in [1.807, 2.05) is 27.7 Å². The number of nitrogens with one attached hydrogen (secondary N) is 4. The number of H-pyrrole nitrogens is 4.